The summed E-state index contributed by atoms with van der Waals surface area (Å²) in [5.74, 6) is 0.785. The van der Waals surface area contributed by atoms with Crippen molar-refractivity contribution < 1.29 is 19.1 Å². The molecule has 0 bridgehead atoms. The standard InChI is InChI=1S/C24H24N2O4/c1-26(16-23(27)25-20-9-6-10-22(15-20)29-2)24(28)19-11-13-21(14-12-19)30-17-18-7-4-3-5-8-18/h3-15H,16-17H2,1-2H3,(H,25,27). The van der Waals surface area contributed by atoms with Crippen LogP contribution in [0.15, 0.2) is 78.9 Å². The van der Waals surface area contributed by atoms with Crippen LogP contribution in [0.4, 0.5) is 5.69 Å². The minimum absolute atomic E-state index is 0.0672. The molecule has 0 unspecified atom stereocenters. The SMILES string of the molecule is COc1cccc(NC(=O)CN(C)C(=O)c2ccc(OCc3ccccc3)cc2)c1. The molecule has 0 heterocycles. The average molecular weight is 404 g/mol. The molecule has 1 N–H and O–H groups in total. The fourth-order valence-electron chi connectivity index (χ4n) is 2.84. The third kappa shape index (κ3) is 5.85. The van der Waals surface area contributed by atoms with Gasteiger partial charge in [-0.3, -0.25) is 9.59 Å². The van der Waals surface area contributed by atoms with Crippen molar-refractivity contribution in [1.82, 2.24) is 4.90 Å². The van der Waals surface area contributed by atoms with Crippen LogP contribution in [0.5, 0.6) is 11.5 Å². The summed E-state index contributed by atoms with van der Waals surface area (Å²) in [6.07, 6.45) is 0. The third-order valence-corrected chi connectivity index (χ3v) is 4.43. The first-order chi connectivity index (χ1) is 14.5. The van der Waals surface area contributed by atoms with E-state index in [9.17, 15) is 9.59 Å². The molecule has 6 heteroatoms. The number of benzene rings is 3. The fourth-order valence-corrected chi connectivity index (χ4v) is 2.84. The van der Waals surface area contributed by atoms with Crippen molar-refractivity contribution in [3.8, 4) is 11.5 Å². The molecule has 3 aromatic rings. The zero-order chi connectivity index (χ0) is 21.3. The molecule has 3 rings (SSSR count). The molecule has 3 aromatic carbocycles. The van der Waals surface area contributed by atoms with Crippen molar-refractivity contribution in [3.05, 3.63) is 90.0 Å². The second kappa shape index (κ2) is 10.1. The monoisotopic (exact) mass is 404 g/mol. The van der Waals surface area contributed by atoms with Crippen LogP contribution in [-0.2, 0) is 11.4 Å². The van der Waals surface area contributed by atoms with E-state index >= 15 is 0 Å². The largest absolute Gasteiger partial charge is 0.497 e. The van der Waals surface area contributed by atoms with E-state index in [1.807, 2.05) is 30.3 Å². The zero-order valence-corrected chi connectivity index (χ0v) is 17.0. The summed E-state index contributed by atoms with van der Waals surface area (Å²) in [5.41, 5.74) is 2.17. The summed E-state index contributed by atoms with van der Waals surface area (Å²) in [6.45, 7) is 0.390. The Hall–Kier alpha value is -3.80. The first kappa shape index (κ1) is 20.9. The van der Waals surface area contributed by atoms with Crippen molar-refractivity contribution in [1.29, 1.82) is 0 Å². The van der Waals surface area contributed by atoms with E-state index in [0.717, 1.165) is 5.56 Å². The van der Waals surface area contributed by atoms with E-state index in [1.54, 1.807) is 62.7 Å². The normalized spacial score (nSPS) is 10.2. The molecular weight excluding hydrogens is 380 g/mol. The zero-order valence-electron chi connectivity index (χ0n) is 17.0. The van der Waals surface area contributed by atoms with Gasteiger partial charge in [0.15, 0.2) is 0 Å². The highest BCUT2D eigenvalue weighted by atomic mass is 16.5. The predicted octanol–water partition coefficient (Wildman–Crippen LogP) is 3.98. The van der Waals surface area contributed by atoms with Gasteiger partial charge in [0.05, 0.1) is 13.7 Å². The van der Waals surface area contributed by atoms with E-state index in [1.165, 1.54) is 4.90 Å². The van der Waals surface area contributed by atoms with E-state index in [-0.39, 0.29) is 18.4 Å². The van der Waals surface area contributed by atoms with Gasteiger partial charge in [-0.05, 0) is 42.0 Å². The van der Waals surface area contributed by atoms with Gasteiger partial charge in [0.25, 0.3) is 5.91 Å². The van der Waals surface area contributed by atoms with Gasteiger partial charge in [-0.1, -0.05) is 36.4 Å². The number of hydrogen-bond acceptors (Lipinski definition) is 4. The molecule has 0 saturated carbocycles. The average Bonchev–Trinajstić information content (AvgIpc) is 2.78. The summed E-state index contributed by atoms with van der Waals surface area (Å²) < 4.78 is 10.9. The molecule has 0 aliphatic rings. The second-order valence-electron chi connectivity index (χ2n) is 6.74. The van der Waals surface area contributed by atoms with Crippen molar-refractivity contribution in [2.75, 3.05) is 26.0 Å². The van der Waals surface area contributed by atoms with Crippen LogP contribution in [0.1, 0.15) is 15.9 Å². The summed E-state index contributed by atoms with van der Waals surface area (Å²) in [7, 11) is 3.15. The molecule has 6 nitrogen and oxygen atoms in total. The summed E-state index contributed by atoms with van der Waals surface area (Å²) >= 11 is 0. The van der Waals surface area contributed by atoms with Crippen LogP contribution < -0.4 is 14.8 Å². The molecule has 0 spiro atoms. The third-order valence-electron chi connectivity index (χ3n) is 4.43. The second-order valence-corrected chi connectivity index (χ2v) is 6.74. The number of carbonyl (C=O) groups is 2. The predicted molar refractivity (Wildman–Crippen MR) is 116 cm³/mol. The Kier molecular flexibility index (Phi) is 7.05. The minimum atomic E-state index is -0.290. The Morgan fingerprint density at radius 1 is 0.900 bits per heavy atom. The van der Waals surface area contributed by atoms with Crippen LogP contribution in [0, 0.1) is 0 Å². The van der Waals surface area contributed by atoms with E-state index < -0.39 is 0 Å². The molecule has 0 aliphatic carbocycles. The van der Waals surface area contributed by atoms with Crippen molar-refractivity contribution in [3.63, 3.8) is 0 Å². The molecule has 0 saturated heterocycles. The number of amides is 2. The van der Waals surface area contributed by atoms with Gasteiger partial charge in [-0.15, -0.1) is 0 Å². The number of likely N-dealkylation sites (N-methyl/N-ethyl adjacent to an activating group) is 1. The number of methoxy groups -OCH3 is 1. The quantitative estimate of drug-likeness (QED) is 0.617. The number of rotatable bonds is 8. The first-order valence-electron chi connectivity index (χ1n) is 9.51. The lowest BCUT2D eigenvalue weighted by Gasteiger charge is -2.17. The lowest BCUT2D eigenvalue weighted by Crippen LogP contribution is -2.34. The maximum Gasteiger partial charge on any atom is 0.254 e. The van der Waals surface area contributed by atoms with Crippen molar-refractivity contribution in [2.24, 2.45) is 0 Å². The van der Waals surface area contributed by atoms with Gasteiger partial charge in [0.2, 0.25) is 5.91 Å². The summed E-state index contributed by atoms with van der Waals surface area (Å²) in [5, 5.41) is 2.76. The van der Waals surface area contributed by atoms with Crippen LogP contribution in [0.25, 0.3) is 0 Å². The lowest BCUT2D eigenvalue weighted by atomic mass is 10.2. The highest BCUT2D eigenvalue weighted by Crippen LogP contribution is 2.17. The van der Waals surface area contributed by atoms with Crippen molar-refractivity contribution >= 4 is 17.5 Å². The molecular formula is C24H24N2O4. The highest BCUT2D eigenvalue weighted by Gasteiger charge is 2.15. The Labute approximate surface area is 176 Å². The van der Waals surface area contributed by atoms with Gasteiger partial charge in [-0.2, -0.15) is 0 Å². The highest BCUT2D eigenvalue weighted by molar-refractivity contribution is 5.99. The lowest BCUT2D eigenvalue weighted by molar-refractivity contribution is -0.116. The number of carbonyl (C=O) groups excluding carboxylic acids is 2. The number of hydrogen-bond donors (Lipinski definition) is 1. The number of nitrogens with zero attached hydrogens (tertiary/aromatic N) is 1. The van der Waals surface area contributed by atoms with Crippen LogP contribution in [0.2, 0.25) is 0 Å². The van der Waals surface area contributed by atoms with E-state index in [0.29, 0.717) is 29.4 Å². The van der Waals surface area contributed by atoms with E-state index in [4.69, 9.17) is 9.47 Å². The molecule has 154 valence electrons. The Morgan fingerprint density at radius 2 is 1.63 bits per heavy atom. The summed E-state index contributed by atoms with van der Waals surface area (Å²) in [6, 6.07) is 23.8. The molecule has 0 aromatic heterocycles. The van der Waals surface area contributed by atoms with Crippen LogP contribution in [0.3, 0.4) is 0 Å². The molecule has 0 atom stereocenters. The number of nitrogens with one attached hydrogen (secondary N) is 1. The van der Waals surface area contributed by atoms with Gasteiger partial charge in [0.1, 0.15) is 18.1 Å². The molecule has 0 radical (unpaired) electrons. The minimum Gasteiger partial charge on any atom is -0.497 e. The van der Waals surface area contributed by atoms with E-state index in [2.05, 4.69) is 5.32 Å². The van der Waals surface area contributed by atoms with Crippen LogP contribution >= 0.6 is 0 Å². The first-order valence-corrected chi connectivity index (χ1v) is 9.51. The Balaban J connectivity index is 1.52. The molecule has 30 heavy (non-hydrogen) atoms. The van der Waals surface area contributed by atoms with Gasteiger partial charge in [0, 0.05) is 24.4 Å². The smallest absolute Gasteiger partial charge is 0.254 e. The maximum atomic E-state index is 12.6. The van der Waals surface area contributed by atoms with Gasteiger partial charge in [-0.25, -0.2) is 0 Å². The van der Waals surface area contributed by atoms with Gasteiger partial charge < -0.3 is 19.7 Å². The molecule has 2 amide bonds. The number of ether oxygens (including phenoxy) is 2. The molecule has 0 aliphatic heterocycles. The van der Waals surface area contributed by atoms with Crippen molar-refractivity contribution in [2.45, 2.75) is 6.61 Å². The number of anilines is 1. The summed E-state index contributed by atoms with van der Waals surface area (Å²) in [4.78, 5) is 26.2. The Bertz CT molecular complexity index is 988. The topological polar surface area (TPSA) is 67.9 Å². The maximum absolute atomic E-state index is 12.6. The molecule has 0 fully saturated rings. The van der Waals surface area contributed by atoms with Crippen LogP contribution in [-0.4, -0.2) is 37.4 Å². The Morgan fingerprint density at radius 3 is 2.33 bits per heavy atom. The fraction of sp³-hybridized carbons (Fsp3) is 0.167. The van der Waals surface area contributed by atoms with Gasteiger partial charge >= 0.3 is 0 Å².